The lowest BCUT2D eigenvalue weighted by Gasteiger charge is -2.36. The third kappa shape index (κ3) is 5.19. The third-order valence-corrected chi connectivity index (χ3v) is 11.5. The van der Waals surface area contributed by atoms with Crippen LogP contribution in [0.2, 0.25) is 18.1 Å². The van der Waals surface area contributed by atoms with E-state index in [-0.39, 0.29) is 23.8 Å². The van der Waals surface area contributed by atoms with Gasteiger partial charge in [0.25, 0.3) is 0 Å². The highest BCUT2D eigenvalue weighted by atomic mass is 28.4. The molecule has 0 spiro atoms. The average molecular weight is 499 g/mol. The number of carboxylic acids is 1. The topological polar surface area (TPSA) is 65.0 Å². The zero-order valence-corrected chi connectivity index (χ0v) is 20.8. The molecule has 1 saturated heterocycles. The zero-order valence-electron chi connectivity index (χ0n) is 19.8. The standard InChI is InChI=1S/C22H31F5O5Si/c1-12-15(18(19(28)29)32-21(12,5)22(25,26)27)13-8-9-14(23)16(24)17(13)30-10-11-31-33(6,7)20(2,3)4/h8-9,12,15,18H,10-11H2,1-7H3,(H,28,29)/t12?,15?,18-,21?/m1/s1. The first-order valence-electron chi connectivity index (χ1n) is 10.6. The van der Waals surface area contributed by atoms with Crippen LogP contribution < -0.4 is 4.74 Å². The summed E-state index contributed by atoms with van der Waals surface area (Å²) in [5.41, 5.74) is -3.00. The number of halogens is 5. The van der Waals surface area contributed by atoms with Crippen LogP contribution in [0, 0.1) is 17.6 Å². The first-order valence-corrected chi connectivity index (χ1v) is 13.5. The lowest BCUT2D eigenvalue weighted by molar-refractivity contribution is -0.273. The maximum absolute atomic E-state index is 14.7. The molecule has 3 unspecified atom stereocenters. The molecule has 0 radical (unpaired) electrons. The fraction of sp³-hybridized carbons (Fsp3) is 0.682. The molecule has 0 amide bonds. The van der Waals surface area contributed by atoms with Gasteiger partial charge in [-0.1, -0.05) is 33.8 Å². The molecule has 0 aromatic heterocycles. The van der Waals surface area contributed by atoms with Crippen molar-refractivity contribution < 1.29 is 45.8 Å². The Morgan fingerprint density at radius 1 is 1.18 bits per heavy atom. The lowest BCUT2D eigenvalue weighted by atomic mass is 9.77. The summed E-state index contributed by atoms with van der Waals surface area (Å²) in [4.78, 5) is 11.8. The van der Waals surface area contributed by atoms with Crippen LogP contribution in [-0.4, -0.2) is 50.5 Å². The van der Waals surface area contributed by atoms with Crippen molar-refractivity contribution >= 4 is 14.3 Å². The molecule has 2 rings (SSSR count). The van der Waals surface area contributed by atoms with Crippen molar-refractivity contribution in [2.45, 2.75) is 76.6 Å². The van der Waals surface area contributed by atoms with Gasteiger partial charge < -0.3 is 19.0 Å². The van der Waals surface area contributed by atoms with Gasteiger partial charge in [0.2, 0.25) is 5.82 Å². The molecule has 1 aliphatic rings. The molecule has 1 aliphatic heterocycles. The van der Waals surface area contributed by atoms with Crippen LogP contribution in [0.1, 0.15) is 46.1 Å². The van der Waals surface area contributed by atoms with Gasteiger partial charge >= 0.3 is 12.1 Å². The van der Waals surface area contributed by atoms with Crippen LogP contribution in [0.15, 0.2) is 12.1 Å². The van der Waals surface area contributed by atoms with E-state index in [9.17, 15) is 31.9 Å². The Hall–Kier alpha value is -1.72. The molecule has 1 N–H and O–H groups in total. The van der Waals surface area contributed by atoms with Crippen LogP contribution in [0.5, 0.6) is 5.75 Å². The van der Waals surface area contributed by atoms with Gasteiger partial charge in [-0.25, -0.2) is 9.18 Å². The first-order chi connectivity index (χ1) is 14.8. The van der Waals surface area contributed by atoms with Gasteiger partial charge in [-0.3, -0.25) is 0 Å². The van der Waals surface area contributed by atoms with E-state index in [1.807, 2.05) is 33.9 Å². The Bertz CT molecular complexity index is 883. The molecule has 5 nitrogen and oxygen atoms in total. The van der Waals surface area contributed by atoms with Gasteiger partial charge in [-0.2, -0.15) is 17.6 Å². The van der Waals surface area contributed by atoms with E-state index in [4.69, 9.17) is 13.9 Å². The van der Waals surface area contributed by atoms with Crippen LogP contribution in [0.3, 0.4) is 0 Å². The van der Waals surface area contributed by atoms with E-state index < -0.39 is 61.4 Å². The number of hydrogen-bond acceptors (Lipinski definition) is 4. The predicted octanol–water partition coefficient (Wildman–Crippen LogP) is 5.89. The monoisotopic (exact) mass is 498 g/mol. The summed E-state index contributed by atoms with van der Waals surface area (Å²) in [5, 5.41) is 9.44. The molecule has 33 heavy (non-hydrogen) atoms. The van der Waals surface area contributed by atoms with E-state index in [0.717, 1.165) is 19.1 Å². The molecule has 1 aromatic carbocycles. The smallest absolute Gasteiger partial charge is 0.417 e. The first kappa shape index (κ1) is 27.5. The summed E-state index contributed by atoms with van der Waals surface area (Å²) >= 11 is 0. The lowest BCUT2D eigenvalue weighted by Crippen LogP contribution is -2.47. The van der Waals surface area contributed by atoms with Crippen molar-refractivity contribution in [3.05, 3.63) is 29.3 Å². The molecule has 188 valence electrons. The minimum Gasteiger partial charge on any atom is -0.488 e. The molecular weight excluding hydrogens is 467 g/mol. The van der Waals surface area contributed by atoms with Crippen molar-refractivity contribution in [1.82, 2.24) is 0 Å². The molecule has 1 aromatic rings. The van der Waals surface area contributed by atoms with Crippen molar-refractivity contribution in [2.24, 2.45) is 5.92 Å². The largest absolute Gasteiger partial charge is 0.488 e. The maximum atomic E-state index is 14.7. The third-order valence-electron chi connectivity index (χ3n) is 6.95. The van der Waals surface area contributed by atoms with Crippen LogP contribution in [0.4, 0.5) is 22.0 Å². The zero-order chi connectivity index (χ0) is 25.6. The van der Waals surface area contributed by atoms with Gasteiger partial charge in [-0.15, -0.1) is 0 Å². The van der Waals surface area contributed by atoms with Gasteiger partial charge in [0.15, 0.2) is 31.6 Å². The summed E-state index contributed by atoms with van der Waals surface area (Å²) in [6.45, 7) is 11.8. The van der Waals surface area contributed by atoms with Crippen LogP contribution in [0.25, 0.3) is 0 Å². The fourth-order valence-corrected chi connectivity index (χ4v) is 4.65. The summed E-state index contributed by atoms with van der Waals surface area (Å²) in [5.74, 6) is -7.80. The maximum Gasteiger partial charge on any atom is 0.417 e. The van der Waals surface area contributed by atoms with Crippen molar-refractivity contribution in [3.8, 4) is 5.75 Å². The van der Waals surface area contributed by atoms with E-state index in [2.05, 4.69) is 0 Å². The van der Waals surface area contributed by atoms with Gasteiger partial charge in [0.05, 0.1) is 6.61 Å². The number of hydrogen-bond donors (Lipinski definition) is 1. The molecule has 4 atom stereocenters. The van der Waals surface area contributed by atoms with Crippen molar-refractivity contribution in [3.63, 3.8) is 0 Å². The number of carbonyl (C=O) groups is 1. The highest BCUT2D eigenvalue weighted by molar-refractivity contribution is 6.74. The normalized spacial score (nSPS) is 26.5. The molecule has 0 bridgehead atoms. The van der Waals surface area contributed by atoms with Crippen LogP contribution in [-0.2, 0) is 14.0 Å². The van der Waals surface area contributed by atoms with E-state index in [0.29, 0.717) is 0 Å². The highest BCUT2D eigenvalue weighted by Gasteiger charge is 2.66. The second-order valence-corrected chi connectivity index (χ2v) is 14.8. The summed E-state index contributed by atoms with van der Waals surface area (Å²) in [6, 6.07) is 1.78. The van der Waals surface area contributed by atoms with E-state index in [1.54, 1.807) is 0 Å². The number of rotatable bonds is 7. The number of ether oxygens (including phenoxy) is 2. The Morgan fingerprint density at radius 2 is 1.76 bits per heavy atom. The Kier molecular flexibility index (Phi) is 7.62. The molecule has 0 aliphatic carbocycles. The molecular formula is C22H31F5O5Si. The predicted molar refractivity (Wildman–Crippen MR) is 114 cm³/mol. The summed E-state index contributed by atoms with van der Waals surface area (Å²) in [7, 11) is -2.15. The quantitative estimate of drug-likeness (QED) is 0.289. The second kappa shape index (κ2) is 9.14. The van der Waals surface area contributed by atoms with E-state index >= 15 is 0 Å². The van der Waals surface area contributed by atoms with Gasteiger partial charge in [-0.05, 0) is 31.1 Å². The fourth-order valence-electron chi connectivity index (χ4n) is 3.62. The number of carboxylic acid groups (broad SMARTS) is 1. The van der Waals surface area contributed by atoms with Gasteiger partial charge in [0.1, 0.15) is 6.61 Å². The highest BCUT2D eigenvalue weighted by Crippen LogP contribution is 2.54. The van der Waals surface area contributed by atoms with E-state index in [1.165, 1.54) is 6.92 Å². The number of benzene rings is 1. The number of alkyl halides is 3. The van der Waals surface area contributed by atoms with Crippen molar-refractivity contribution in [1.29, 1.82) is 0 Å². The summed E-state index contributed by atoms with van der Waals surface area (Å²) in [6.07, 6.45) is -6.81. The minimum atomic E-state index is -4.88. The van der Waals surface area contributed by atoms with Crippen molar-refractivity contribution in [2.75, 3.05) is 13.2 Å². The molecule has 1 fully saturated rings. The minimum absolute atomic E-state index is 0.0469. The number of aliphatic carboxylic acids is 1. The molecule has 1 heterocycles. The Labute approximate surface area is 191 Å². The Balaban J connectivity index is 2.39. The molecule has 11 heteroatoms. The molecule has 0 saturated carbocycles. The van der Waals surface area contributed by atoms with Crippen LogP contribution >= 0.6 is 0 Å². The average Bonchev–Trinajstić information content (AvgIpc) is 2.94. The Morgan fingerprint density at radius 3 is 2.24 bits per heavy atom. The summed E-state index contributed by atoms with van der Waals surface area (Å²) < 4.78 is 86.2. The van der Waals surface area contributed by atoms with Gasteiger partial charge in [0, 0.05) is 17.4 Å². The SMILES string of the molecule is CC1C(c2ccc(F)c(F)c2OCCO[Si](C)(C)C(C)(C)C)[C@H](C(=O)O)OC1(C)C(F)(F)F. The second-order valence-electron chi connectivity index (χ2n) is 10.0.